The number of hydrogen-bond donors (Lipinski definition) is 1. The van der Waals surface area contributed by atoms with E-state index in [0.717, 1.165) is 5.69 Å². The van der Waals surface area contributed by atoms with Gasteiger partial charge in [0, 0.05) is 24.7 Å². The number of fused-ring (bicyclic) bond motifs is 2. The highest BCUT2D eigenvalue weighted by molar-refractivity contribution is 5.96. The van der Waals surface area contributed by atoms with Crippen molar-refractivity contribution >= 4 is 17.5 Å². The van der Waals surface area contributed by atoms with Gasteiger partial charge in [0.05, 0.1) is 24.3 Å². The van der Waals surface area contributed by atoms with Crippen LogP contribution in [0.1, 0.15) is 21.6 Å². The highest BCUT2D eigenvalue weighted by atomic mass is 16.2. The van der Waals surface area contributed by atoms with Gasteiger partial charge in [-0.25, -0.2) is 4.98 Å². The largest absolute Gasteiger partial charge is 0.343 e. The van der Waals surface area contributed by atoms with E-state index in [9.17, 15) is 14.4 Å². The highest BCUT2D eigenvalue weighted by Crippen LogP contribution is 2.15. The number of nitrogens with zero attached hydrogens (tertiary/aromatic N) is 3. The lowest BCUT2D eigenvalue weighted by Gasteiger charge is -2.28. The van der Waals surface area contributed by atoms with Crippen LogP contribution in [0.5, 0.6) is 0 Å². The third-order valence-corrected chi connectivity index (χ3v) is 4.67. The van der Waals surface area contributed by atoms with Crippen molar-refractivity contribution in [2.75, 3.05) is 13.1 Å². The van der Waals surface area contributed by atoms with Gasteiger partial charge in [0.25, 0.3) is 11.5 Å². The second-order valence-corrected chi connectivity index (χ2v) is 6.39. The molecule has 3 aromatic rings. The van der Waals surface area contributed by atoms with Crippen molar-refractivity contribution in [1.29, 1.82) is 0 Å². The smallest absolute Gasteiger partial charge is 0.263 e. The Kier molecular flexibility index (Phi) is 4.42. The van der Waals surface area contributed by atoms with Crippen LogP contribution in [0, 0.1) is 0 Å². The van der Waals surface area contributed by atoms with E-state index in [1.807, 2.05) is 12.1 Å². The van der Waals surface area contributed by atoms with Crippen molar-refractivity contribution in [3.63, 3.8) is 0 Å². The fourth-order valence-corrected chi connectivity index (χ4v) is 3.22. The zero-order valence-electron chi connectivity index (χ0n) is 14.6. The molecule has 1 N–H and O–H groups in total. The lowest BCUT2D eigenvalue weighted by Crippen LogP contribution is -2.44. The Bertz CT molecular complexity index is 1080. The van der Waals surface area contributed by atoms with Crippen LogP contribution >= 0.6 is 0 Å². The number of pyridine rings is 1. The van der Waals surface area contributed by atoms with Gasteiger partial charge in [-0.3, -0.25) is 18.8 Å². The summed E-state index contributed by atoms with van der Waals surface area (Å²) >= 11 is 0. The van der Waals surface area contributed by atoms with Crippen LogP contribution in [0.3, 0.4) is 0 Å². The Labute approximate surface area is 155 Å². The Hall–Kier alpha value is -3.48. The van der Waals surface area contributed by atoms with Gasteiger partial charge in [-0.15, -0.1) is 0 Å². The first-order valence-corrected chi connectivity index (χ1v) is 8.73. The molecule has 1 aliphatic heterocycles. The number of carbonyl (C=O) groups is 2. The molecule has 3 heterocycles. The monoisotopic (exact) mass is 362 g/mol. The molecule has 0 unspecified atom stereocenters. The standard InChI is InChI=1S/C20H18N4O3/c25-18(12-21-19(26)14-6-2-1-3-7-14)23-11-9-16-15(13-23)20(27)24-10-5-4-8-17(24)22-16/h1-8,10H,9,11-13H2,(H,21,26). The SMILES string of the molecule is O=C(NCC(=O)N1CCc2nc3ccccn3c(=O)c2C1)c1ccccc1. The second-order valence-electron chi connectivity index (χ2n) is 6.39. The number of amides is 2. The minimum Gasteiger partial charge on any atom is -0.343 e. The number of nitrogens with one attached hydrogen (secondary N) is 1. The summed E-state index contributed by atoms with van der Waals surface area (Å²) in [6.45, 7) is 0.576. The maximum absolute atomic E-state index is 12.7. The molecule has 136 valence electrons. The van der Waals surface area contributed by atoms with E-state index in [0.29, 0.717) is 29.7 Å². The Balaban J connectivity index is 1.47. The molecule has 7 nitrogen and oxygen atoms in total. The summed E-state index contributed by atoms with van der Waals surface area (Å²) in [5, 5.41) is 2.64. The average Bonchev–Trinajstić information content (AvgIpc) is 2.72. The predicted molar refractivity (Wildman–Crippen MR) is 99.4 cm³/mol. The molecule has 7 heteroatoms. The number of rotatable bonds is 3. The molecule has 0 saturated heterocycles. The molecule has 4 rings (SSSR count). The van der Waals surface area contributed by atoms with Gasteiger partial charge in [-0.05, 0) is 24.3 Å². The minimum atomic E-state index is -0.297. The van der Waals surface area contributed by atoms with E-state index in [1.54, 1.807) is 47.5 Å². The van der Waals surface area contributed by atoms with Crippen molar-refractivity contribution in [2.45, 2.75) is 13.0 Å². The van der Waals surface area contributed by atoms with Crippen LogP contribution in [-0.4, -0.2) is 39.2 Å². The van der Waals surface area contributed by atoms with Crippen LogP contribution in [0.15, 0.2) is 59.5 Å². The highest BCUT2D eigenvalue weighted by Gasteiger charge is 2.25. The number of hydrogen-bond acceptors (Lipinski definition) is 4. The normalized spacial score (nSPS) is 13.3. The Morgan fingerprint density at radius 2 is 1.85 bits per heavy atom. The van der Waals surface area contributed by atoms with Crippen molar-refractivity contribution in [3.05, 3.63) is 81.9 Å². The summed E-state index contributed by atoms with van der Waals surface area (Å²) in [6, 6.07) is 14.1. The molecule has 2 amide bonds. The molecular weight excluding hydrogens is 344 g/mol. The zero-order valence-corrected chi connectivity index (χ0v) is 14.6. The maximum Gasteiger partial charge on any atom is 0.263 e. The van der Waals surface area contributed by atoms with Gasteiger partial charge in [-0.1, -0.05) is 24.3 Å². The lowest BCUT2D eigenvalue weighted by atomic mass is 10.1. The average molecular weight is 362 g/mol. The van der Waals surface area contributed by atoms with Crippen LogP contribution in [0.2, 0.25) is 0 Å². The summed E-state index contributed by atoms with van der Waals surface area (Å²) in [4.78, 5) is 43.4. The van der Waals surface area contributed by atoms with E-state index >= 15 is 0 Å². The molecule has 1 aliphatic rings. The minimum absolute atomic E-state index is 0.106. The van der Waals surface area contributed by atoms with E-state index < -0.39 is 0 Å². The van der Waals surface area contributed by atoms with Gasteiger partial charge < -0.3 is 10.2 Å². The van der Waals surface area contributed by atoms with Crippen molar-refractivity contribution in [3.8, 4) is 0 Å². The first-order chi connectivity index (χ1) is 13.1. The molecular formula is C20H18N4O3. The fraction of sp³-hybridized carbons (Fsp3) is 0.200. The Morgan fingerprint density at radius 1 is 1.07 bits per heavy atom. The van der Waals surface area contributed by atoms with Crippen molar-refractivity contribution < 1.29 is 9.59 Å². The van der Waals surface area contributed by atoms with Crippen molar-refractivity contribution in [1.82, 2.24) is 19.6 Å². The van der Waals surface area contributed by atoms with Crippen LogP contribution in [0.25, 0.3) is 5.65 Å². The first kappa shape index (κ1) is 17.0. The van der Waals surface area contributed by atoms with Gasteiger partial charge in [-0.2, -0.15) is 0 Å². The summed E-state index contributed by atoms with van der Waals surface area (Å²) in [7, 11) is 0. The molecule has 0 spiro atoms. The van der Waals surface area contributed by atoms with Crippen LogP contribution in [-0.2, 0) is 17.8 Å². The number of aromatic nitrogens is 2. The predicted octanol–water partition coefficient (Wildman–Crippen LogP) is 1.01. The van der Waals surface area contributed by atoms with E-state index in [1.165, 1.54) is 4.40 Å². The molecule has 0 bridgehead atoms. The number of carbonyl (C=O) groups excluding carboxylic acids is 2. The van der Waals surface area contributed by atoms with E-state index in [-0.39, 0.29) is 30.5 Å². The van der Waals surface area contributed by atoms with Gasteiger partial charge in [0.1, 0.15) is 5.65 Å². The Morgan fingerprint density at radius 3 is 2.67 bits per heavy atom. The molecule has 1 aromatic carbocycles. The first-order valence-electron chi connectivity index (χ1n) is 8.73. The van der Waals surface area contributed by atoms with Crippen LogP contribution < -0.4 is 10.9 Å². The van der Waals surface area contributed by atoms with Gasteiger partial charge in [0.15, 0.2) is 0 Å². The van der Waals surface area contributed by atoms with E-state index in [4.69, 9.17) is 0 Å². The zero-order chi connectivity index (χ0) is 18.8. The molecule has 27 heavy (non-hydrogen) atoms. The summed E-state index contributed by atoms with van der Waals surface area (Å²) in [5.74, 6) is -0.517. The topological polar surface area (TPSA) is 83.8 Å². The molecule has 0 saturated carbocycles. The molecule has 0 radical (unpaired) electrons. The second kappa shape index (κ2) is 7.03. The van der Waals surface area contributed by atoms with Crippen molar-refractivity contribution in [2.24, 2.45) is 0 Å². The quantitative estimate of drug-likeness (QED) is 0.754. The maximum atomic E-state index is 12.7. The molecule has 2 aromatic heterocycles. The molecule has 0 fully saturated rings. The fourth-order valence-electron chi connectivity index (χ4n) is 3.22. The van der Waals surface area contributed by atoms with E-state index in [2.05, 4.69) is 10.3 Å². The third-order valence-electron chi connectivity index (χ3n) is 4.67. The van der Waals surface area contributed by atoms with Gasteiger partial charge >= 0.3 is 0 Å². The van der Waals surface area contributed by atoms with Gasteiger partial charge in [0.2, 0.25) is 5.91 Å². The number of benzene rings is 1. The third kappa shape index (κ3) is 3.31. The summed E-state index contributed by atoms with van der Waals surface area (Å²) in [6.07, 6.45) is 2.19. The molecule has 0 atom stereocenters. The summed E-state index contributed by atoms with van der Waals surface area (Å²) in [5.41, 5.74) is 2.23. The lowest BCUT2D eigenvalue weighted by molar-refractivity contribution is -0.131. The van der Waals surface area contributed by atoms with Crippen LogP contribution in [0.4, 0.5) is 0 Å². The molecule has 0 aliphatic carbocycles. The summed E-state index contributed by atoms with van der Waals surface area (Å²) < 4.78 is 1.49.